The van der Waals surface area contributed by atoms with E-state index in [1.807, 2.05) is 0 Å². The van der Waals surface area contributed by atoms with Crippen molar-refractivity contribution in [2.45, 2.75) is 121 Å². The van der Waals surface area contributed by atoms with E-state index in [1.165, 1.54) is 41.0 Å². The van der Waals surface area contributed by atoms with Crippen LogP contribution < -0.4 is 43.4 Å². The third-order valence-electron chi connectivity index (χ3n) is 10.8. The first kappa shape index (κ1) is 48.2. The van der Waals surface area contributed by atoms with Crippen molar-refractivity contribution in [3.8, 4) is 5.75 Å². The van der Waals surface area contributed by atoms with Gasteiger partial charge in [-0.15, -0.1) is 0 Å². The third-order valence-corrected chi connectivity index (χ3v) is 10.8. The number of hydrogen-bond acceptors (Lipinski definition) is 11. The normalized spacial score (nSPS) is 26.2. The number of hydrogen-bond donors (Lipinski definition) is 10. The summed E-state index contributed by atoms with van der Waals surface area (Å²) < 4.78 is 0. The van der Waals surface area contributed by atoms with Crippen LogP contribution in [0.25, 0.3) is 0 Å². The van der Waals surface area contributed by atoms with Gasteiger partial charge in [0.15, 0.2) is 5.96 Å². The van der Waals surface area contributed by atoms with Gasteiger partial charge >= 0.3 is 5.97 Å². The number of aliphatic imine (C=N–C) groups is 1. The summed E-state index contributed by atoms with van der Waals surface area (Å²) in [4.78, 5) is 129. The molecule has 3 saturated heterocycles. The number of phenols is 1. The Balaban J connectivity index is 1.70. The van der Waals surface area contributed by atoms with Gasteiger partial charge in [-0.3, -0.25) is 48.1 Å². The first-order chi connectivity index (χ1) is 29.3. The second kappa shape index (κ2) is 22.4. The second-order valence-corrected chi connectivity index (χ2v) is 16.2. The molecule has 0 saturated carbocycles. The molecular formula is C40H59N11O11. The van der Waals surface area contributed by atoms with Gasteiger partial charge < -0.3 is 63.4 Å². The van der Waals surface area contributed by atoms with Crippen molar-refractivity contribution in [2.24, 2.45) is 22.4 Å². The topological polar surface area (TPSA) is 337 Å². The van der Waals surface area contributed by atoms with Crippen molar-refractivity contribution in [2.75, 3.05) is 26.2 Å². The molecule has 7 atom stereocenters. The Kier molecular flexibility index (Phi) is 17.4. The van der Waals surface area contributed by atoms with Gasteiger partial charge in [-0.25, -0.2) is 0 Å². The number of nitrogens with two attached hydrogens (primary N) is 2. The molecule has 0 spiro atoms. The van der Waals surface area contributed by atoms with Crippen LogP contribution in [0.2, 0.25) is 0 Å². The van der Waals surface area contributed by atoms with E-state index >= 15 is 0 Å². The molecule has 3 heterocycles. The summed E-state index contributed by atoms with van der Waals surface area (Å²) in [7, 11) is 0. The monoisotopic (exact) mass is 869 g/mol. The van der Waals surface area contributed by atoms with Crippen LogP contribution in [0, 0.1) is 5.92 Å². The highest BCUT2D eigenvalue weighted by Crippen LogP contribution is 2.26. The number of aliphatic carboxylic acids is 1. The van der Waals surface area contributed by atoms with Crippen LogP contribution in [0.15, 0.2) is 29.3 Å². The molecule has 0 unspecified atom stereocenters. The van der Waals surface area contributed by atoms with Crippen LogP contribution in [0.3, 0.4) is 0 Å². The van der Waals surface area contributed by atoms with Crippen LogP contribution >= 0.6 is 0 Å². The standard InChI is InChI=1S/C40H59N11O11/c1-21(2)17-28-38(61)51-16-6-9-30(51)39(62)50-15-5-8-29(50)37(60)45-22(3)33(56)48-26(18-23-10-12-24(52)13-11-23)35(58)47-25(7-4-14-43-40(41)42)34(57)44-20-31(53)46-27(19-32(54)55)36(59)49-28/h10-13,21-22,25-30,52H,4-9,14-20H2,1-3H3,(H,44,57)(H,45,60)(H,46,53)(H,47,58)(H,48,56)(H,49,59)(H,54,55)(H4,41,42,43)/t22-,25-,26-,27-,28-,29-,30+/m0/s1. The van der Waals surface area contributed by atoms with Crippen molar-refractivity contribution in [3.05, 3.63) is 29.8 Å². The fourth-order valence-corrected chi connectivity index (χ4v) is 7.66. The molecule has 3 fully saturated rings. The number of carboxylic acid groups (broad SMARTS) is 1. The van der Waals surface area contributed by atoms with Gasteiger partial charge in [-0.05, 0) is 75.5 Å². The van der Waals surface area contributed by atoms with E-state index in [0.717, 1.165) is 0 Å². The summed E-state index contributed by atoms with van der Waals surface area (Å²) in [6.07, 6.45) is 0.656. The summed E-state index contributed by atoms with van der Waals surface area (Å²) in [5.41, 5.74) is 11.4. The summed E-state index contributed by atoms with van der Waals surface area (Å²) in [6, 6.07) is -2.95. The highest BCUT2D eigenvalue weighted by atomic mass is 16.4. The highest BCUT2D eigenvalue weighted by Gasteiger charge is 2.44. The number of nitrogens with zero attached hydrogens (tertiary/aromatic N) is 3. The Bertz CT molecular complexity index is 1870. The maximum atomic E-state index is 14.2. The summed E-state index contributed by atoms with van der Waals surface area (Å²) in [6.45, 7) is 4.68. The number of aromatic hydroxyl groups is 1. The molecule has 12 N–H and O–H groups in total. The first-order valence-electron chi connectivity index (χ1n) is 20.8. The van der Waals surface area contributed by atoms with E-state index in [-0.39, 0.29) is 75.8 Å². The number of fused-ring (bicyclic) bond motifs is 2. The molecule has 3 aliphatic rings. The minimum absolute atomic E-state index is 0.0502. The van der Waals surface area contributed by atoms with Crippen molar-refractivity contribution in [1.82, 2.24) is 41.7 Å². The van der Waals surface area contributed by atoms with E-state index in [1.54, 1.807) is 13.8 Å². The van der Waals surface area contributed by atoms with Gasteiger partial charge in [0.2, 0.25) is 47.3 Å². The van der Waals surface area contributed by atoms with Crippen molar-refractivity contribution < 1.29 is 53.4 Å². The van der Waals surface area contributed by atoms with E-state index in [2.05, 4.69) is 36.9 Å². The van der Waals surface area contributed by atoms with Crippen LogP contribution in [0.1, 0.15) is 77.7 Å². The predicted octanol–water partition coefficient (Wildman–Crippen LogP) is -2.94. The highest BCUT2D eigenvalue weighted by molar-refractivity contribution is 5.99. The molecule has 8 amide bonds. The molecule has 22 heteroatoms. The zero-order valence-corrected chi connectivity index (χ0v) is 35.2. The summed E-state index contributed by atoms with van der Waals surface area (Å²) in [5.74, 6) is -7.98. The Labute approximate surface area is 358 Å². The average Bonchev–Trinajstić information content (AvgIpc) is 3.91. The maximum Gasteiger partial charge on any atom is 0.305 e. The number of rotatable bonds is 10. The molecule has 22 nitrogen and oxygen atoms in total. The van der Waals surface area contributed by atoms with Crippen molar-refractivity contribution in [3.63, 3.8) is 0 Å². The van der Waals surface area contributed by atoms with E-state index in [9.17, 15) is 53.4 Å². The number of phenolic OH excluding ortho intramolecular Hbond substituents is 1. The number of benzene rings is 1. The largest absolute Gasteiger partial charge is 0.508 e. The van der Waals surface area contributed by atoms with E-state index in [0.29, 0.717) is 18.4 Å². The molecule has 62 heavy (non-hydrogen) atoms. The third kappa shape index (κ3) is 13.8. The van der Waals surface area contributed by atoms with Crippen LogP contribution in [-0.4, -0.2) is 148 Å². The van der Waals surface area contributed by atoms with E-state index < -0.39 is 108 Å². The molecule has 3 aliphatic heterocycles. The van der Waals surface area contributed by atoms with Gasteiger partial charge in [0.25, 0.3) is 0 Å². The van der Waals surface area contributed by atoms with Gasteiger partial charge in [-0.2, -0.15) is 0 Å². The Morgan fingerprint density at radius 3 is 1.98 bits per heavy atom. The molecule has 340 valence electrons. The van der Waals surface area contributed by atoms with Gasteiger partial charge in [0, 0.05) is 26.1 Å². The molecule has 0 bridgehead atoms. The molecule has 1 aromatic carbocycles. The van der Waals surface area contributed by atoms with Crippen LogP contribution in [0.5, 0.6) is 5.75 Å². The lowest BCUT2D eigenvalue weighted by atomic mass is 10.0. The minimum Gasteiger partial charge on any atom is -0.508 e. The van der Waals surface area contributed by atoms with Crippen LogP contribution in [-0.2, 0) is 49.6 Å². The van der Waals surface area contributed by atoms with Crippen molar-refractivity contribution >= 4 is 59.2 Å². The quantitative estimate of drug-likeness (QED) is 0.0641. The fraction of sp³-hybridized carbons (Fsp3) is 0.600. The zero-order chi connectivity index (χ0) is 45.7. The summed E-state index contributed by atoms with van der Waals surface area (Å²) in [5, 5.41) is 34.6. The summed E-state index contributed by atoms with van der Waals surface area (Å²) >= 11 is 0. The molecular weight excluding hydrogens is 811 g/mol. The number of nitrogens with one attached hydrogen (secondary N) is 6. The molecule has 1 aromatic rings. The maximum absolute atomic E-state index is 14.2. The molecule has 0 aromatic heterocycles. The second-order valence-electron chi connectivity index (χ2n) is 16.2. The SMILES string of the molecule is CC(C)C[C@@H]1NC(=O)[C@H](CC(=O)O)NC(=O)CNC(=O)[C@H](CCCN=C(N)N)NC(=O)[C@H](Cc2ccc(O)cc2)NC(=O)[C@H](C)NC(=O)[C@@H]2CCCN2C(=O)[C@H]2CCCN2C1=O. The lowest BCUT2D eigenvalue weighted by molar-refractivity contribution is -0.148. The zero-order valence-electron chi connectivity index (χ0n) is 35.2. The number of carboxylic acids is 1. The lowest BCUT2D eigenvalue weighted by Crippen LogP contribution is -2.60. The Morgan fingerprint density at radius 2 is 1.35 bits per heavy atom. The fourth-order valence-electron chi connectivity index (χ4n) is 7.66. The lowest BCUT2D eigenvalue weighted by Gasteiger charge is -2.34. The number of amides is 8. The van der Waals surface area contributed by atoms with Gasteiger partial charge in [0.1, 0.15) is 48.0 Å². The molecule has 0 aliphatic carbocycles. The van der Waals surface area contributed by atoms with Crippen molar-refractivity contribution in [1.29, 1.82) is 0 Å². The van der Waals surface area contributed by atoms with Crippen LogP contribution in [0.4, 0.5) is 0 Å². The average molecular weight is 870 g/mol. The van der Waals surface area contributed by atoms with Gasteiger partial charge in [0.05, 0.1) is 13.0 Å². The predicted molar refractivity (Wildman–Crippen MR) is 221 cm³/mol. The minimum atomic E-state index is -1.69. The molecule has 0 radical (unpaired) electrons. The number of carbonyl (C=O) groups is 9. The Morgan fingerprint density at radius 1 is 0.758 bits per heavy atom. The Hall–Kier alpha value is -6.48. The molecule has 4 rings (SSSR count). The number of guanidine groups is 1. The smallest absolute Gasteiger partial charge is 0.305 e. The van der Waals surface area contributed by atoms with E-state index in [4.69, 9.17) is 11.5 Å². The number of carbonyl (C=O) groups excluding carboxylic acids is 8. The first-order valence-corrected chi connectivity index (χ1v) is 20.8. The van der Waals surface area contributed by atoms with Gasteiger partial charge in [-0.1, -0.05) is 26.0 Å².